The molecule has 0 aliphatic heterocycles. The zero-order valence-corrected chi connectivity index (χ0v) is 19.9. The molecule has 0 aliphatic carbocycles. The van der Waals surface area contributed by atoms with Gasteiger partial charge in [0.25, 0.3) is 0 Å². The van der Waals surface area contributed by atoms with Crippen molar-refractivity contribution in [3.05, 3.63) is 48.0 Å². The minimum absolute atomic E-state index is 0. The van der Waals surface area contributed by atoms with Crippen molar-refractivity contribution in [2.45, 2.75) is 38.1 Å². The molecule has 0 fully saturated rings. The molecular weight excluding hydrogens is 443 g/mol. The van der Waals surface area contributed by atoms with Crippen LogP contribution in [-0.4, -0.2) is 44.5 Å². The maximum Gasteiger partial charge on any atom is 0.154 e. The molecule has 172 valence electrons. The number of rotatable bonds is 14. The van der Waals surface area contributed by atoms with Crippen LogP contribution >= 0.6 is 37.2 Å². The largest absolute Gasteiger partial charge is 0.330 e. The smallest absolute Gasteiger partial charge is 0.154 e. The van der Waals surface area contributed by atoms with Crippen molar-refractivity contribution >= 4 is 53.8 Å². The number of nitrogens with one attached hydrogen (secondary N) is 2. The second kappa shape index (κ2) is 18.8. The van der Waals surface area contributed by atoms with Gasteiger partial charge in [-0.05, 0) is 74.7 Å². The first-order valence-corrected chi connectivity index (χ1v) is 10.1. The summed E-state index contributed by atoms with van der Waals surface area (Å²) >= 11 is 0. The number of halogens is 3. The van der Waals surface area contributed by atoms with Gasteiger partial charge in [0.1, 0.15) is 0 Å². The predicted octanol–water partition coefficient (Wildman–Crippen LogP) is 3.24. The van der Waals surface area contributed by atoms with Crippen LogP contribution in [0.1, 0.15) is 31.2 Å². The molecule has 5 nitrogen and oxygen atoms in total. The molecule has 0 saturated heterocycles. The molecule has 1 atom stereocenters. The number of carbonyl (C=O) groups excluding carboxylic acids is 1. The Labute approximate surface area is 199 Å². The second-order valence-electron chi connectivity index (χ2n) is 6.96. The Kier molecular flexibility index (Phi) is 19.6. The van der Waals surface area contributed by atoms with E-state index in [1.165, 1.54) is 5.39 Å². The lowest BCUT2D eigenvalue weighted by atomic mass is 9.96. The summed E-state index contributed by atoms with van der Waals surface area (Å²) in [7, 11) is 0. The van der Waals surface area contributed by atoms with E-state index in [0.29, 0.717) is 19.5 Å². The minimum atomic E-state index is -0.119. The Bertz CT molecular complexity index is 698. The fourth-order valence-electron chi connectivity index (χ4n) is 3.30. The standard InChI is InChI=1S/C22H34N4O.3ClH/c23-12-5-15-25-14-4-11-21(26-16-6-13-24)22(27)17-19-9-3-8-18-7-1-2-10-20(18)19;;;/h1-3,7-10,21,25-26H,4-6,11-17,23-24H2;3*1H. The minimum Gasteiger partial charge on any atom is -0.330 e. The zero-order valence-electron chi connectivity index (χ0n) is 17.5. The van der Waals surface area contributed by atoms with Crippen LogP contribution in [0.25, 0.3) is 10.8 Å². The average molecular weight is 480 g/mol. The predicted molar refractivity (Wildman–Crippen MR) is 136 cm³/mol. The number of ketones is 1. The Morgan fingerprint density at radius 3 is 2.20 bits per heavy atom. The fourth-order valence-corrected chi connectivity index (χ4v) is 3.30. The first kappa shape index (κ1) is 31.3. The van der Waals surface area contributed by atoms with Gasteiger partial charge >= 0.3 is 0 Å². The highest BCUT2D eigenvalue weighted by molar-refractivity contribution is 5.92. The third-order valence-electron chi connectivity index (χ3n) is 4.81. The summed E-state index contributed by atoms with van der Waals surface area (Å²) in [5.74, 6) is 0.255. The van der Waals surface area contributed by atoms with Crippen LogP contribution in [-0.2, 0) is 11.2 Å². The van der Waals surface area contributed by atoms with Gasteiger partial charge in [-0.2, -0.15) is 0 Å². The SMILES string of the molecule is Cl.Cl.Cl.NCCCNCCCC(NCCCN)C(=O)Cc1cccc2ccccc12. The van der Waals surface area contributed by atoms with Gasteiger partial charge in [0, 0.05) is 6.42 Å². The van der Waals surface area contributed by atoms with Crippen LogP contribution < -0.4 is 22.1 Å². The lowest BCUT2D eigenvalue weighted by Crippen LogP contribution is -2.39. The highest BCUT2D eigenvalue weighted by Gasteiger charge is 2.18. The maximum atomic E-state index is 13.0. The summed E-state index contributed by atoms with van der Waals surface area (Å²) in [5, 5.41) is 9.14. The van der Waals surface area contributed by atoms with Crippen molar-refractivity contribution in [1.29, 1.82) is 0 Å². The Morgan fingerprint density at radius 1 is 0.833 bits per heavy atom. The van der Waals surface area contributed by atoms with Crippen LogP contribution in [0, 0.1) is 0 Å². The summed E-state index contributed by atoms with van der Waals surface area (Å²) in [6, 6.07) is 14.3. The Hall–Kier alpha value is -0.920. The van der Waals surface area contributed by atoms with Gasteiger partial charge in [-0.15, -0.1) is 37.2 Å². The van der Waals surface area contributed by atoms with Gasteiger partial charge in [-0.1, -0.05) is 42.5 Å². The van der Waals surface area contributed by atoms with Crippen molar-refractivity contribution in [3.63, 3.8) is 0 Å². The Morgan fingerprint density at radius 2 is 1.47 bits per heavy atom. The number of fused-ring (bicyclic) bond motifs is 1. The number of Topliss-reactive ketones (excluding diaryl/α,β-unsaturated/α-hetero) is 1. The lowest BCUT2D eigenvalue weighted by Gasteiger charge is -2.18. The van der Waals surface area contributed by atoms with E-state index in [1.54, 1.807) is 0 Å². The summed E-state index contributed by atoms with van der Waals surface area (Å²) in [6.07, 6.45) is 4.13. The van der Waals surface area contributed by atoms with Crippen LogP contribution in [0.4, 0.5) is 0 Å². The summed E-state index contributed by atoms with van der Waals surface area (Å²) in [6.45, 7) is 3.98. The molecule has 0 bridgehead atoms. The van der Waals surface area contributed by atoms with Crippen molar-refractivity contribution in [1.82, 2.24) is 10.6 Å². The van der Waals surface area contributed by atoms with E-state index in [0.717, 1.165) is 56.3 Å². The van der Waals surface area contributed by atoms with Crippen LogP contribution in [0.2, 0.25) is 0 Å². The molecular formula is C22H37Cl3N4O. The quantitative estimate of drug-likeness (QED) is 0.312. The Balaban J connectivity index is 0. The van der Waals surface area contributed by atoms with Crippen LogP contribution in [0.3, 0.4) is 0 Å². The highest BCUT2D eigenvalue weighted by Crippen LogP contribution is 2.19. The van der Waals surface area contributed by atoms with Crippen LogP contribution in [0.15, 0.2) is 42.5 Å². The van der Waals surface area contributed by atoms with Crippen molar-refractivity contribution < 1.29 is 4.79 Å². The van der Waals surface area contributed by atoms with Crippen molar-refractivity contribution in [3.8, 4) is 0 Å². The second-order valence-corrected chi connectivity index (χ2v) is 6.96. The third kappa shape index (κ3) is 10.9. The molecule has 2 aromatic carbocycles. The van der Waals surface area contributed by atoms with Crippen molar-refractivity contribution in [2.75, 3.05) is 32.7 Å². The number of hydrogen-bond donors (Lipinski definition) is 4. The molecule has 0 aromatic heterocycles. The average Bonchev–Trinajstić information content (AvgIpc) is 2.69. The maximum absolute atomic E-state index is 13.0. The van der Waals surface area contributed by atoms with Crippen molar-refractivity contribution in [2.24, 2.45) is 11.5 Å². The molecule has 0 aliphatic rings. The summed E-state index contributed by atoms with van der Waals surface area (Å²) < 4.78 is 0. The highest BCUT2D eigenvalue weighted by atomic mass is 35.5. The summed E-state index contributed by atoms with van der Waals surface area (Å²) in [4.78, 5) is 13.0. The number of nitrogens with two attached hydrogens (primary N) is 2. The van der Waals surface area contributed by atoms with Gasteiger partial charge in [-0.3, -0.25) is 4.79 Å². The van der Waals surface area contributed by atoms with E-state index in [-0.39, 0.29) is 49.0 Å². The molecule has 0 heterocycles. The first-order chi connectivity index (χ1) is 13.3. The number of hydrogen-bond acceptors (Lipinski definition) is 5. The van der Waals surface area contributed by atoms with Gasteiger partial charge in [0.15, 0.2) is 5.78 Å². The van der Waals surface area contributed by atoms with E-state index in [1.807, 2.05) is 18.2 Å². The molecule has 2 rings (SSSR count). The molecule has 6 N–H and O–H groups in total. The molecule has 2 aromatic rings. The molecule has 0 saturated carbocycles. The zero-order chi connectivity index (χ0) is 19.3. The van der Waals surface area contributed by atoms with E-state index < -0.39 is 0 Å². The first-order valence-electron chi connectivity index (χ1n) is 10.1. The van der Waals surface area contributed by atoms with E-state index in [2.05, 4.69) is 34.9 Å². The molecule has 1 unspecified atom stereocenters. The number of benzene rings is 2. The van der Waals surface area contributed by atoms with Gasteiger partial charge in [0.05, 0.1) is 6.04 Å². The van der Waals surface area contributed by atoms with E-state index >= 15 is 0 Å². The van der Waals surface area contributed by atoms with Gasteiger partial charge < -0.3 is 22.1 Å². The van der Waals surface area contributed by atoms with E-state index in [9.17, 15) is 4.79 Å². The molecule has 0 radical (unpaired) electrons. The van der Waals surface area contributed by atoms with Crippen LogP contribution in [0.5, 0.6) is 0 Å². The summed E-state index contributed by atoms with van der Waals surface area (Å²) in [5.41, 5.74) is 12.2. The topological polar surface area (TPSA) is 93.2 Å². The van der Waals surface area contributed by atoms with Gasteiger partial charge in [0.2, 0.25) is 0 Å². The lowest BCUT2D eigenvalue weighted by molar-refractivity contribution is -0.120. The molecule has 0 spiro atoms. The normalized spacial score (nSPS) is 11.1. The molecule has 0 amide bonds. The third-order valence-corrected chi connectivity index (χ3v) is 4.81. The monoisotopic (exact) mass is 478 g/mol. The molecule has 30 heavy (non-hydrogen) atoms. The van der Waals surface area contributed by atoms with Gasteiger partial charge in [-0.25, -0.2) is 0 Å². The fraction of sp³-hybridized carbons (Fsp3) is 0.500. The van der Waals surface area contributed by atoms with E-state index in [4.69, 9.17) is 11.5 Å². The number of carbonyl (C=O) groups is 1. The molecule has 8 heteroatoms.